The third kappa shape index (κ3) is 2.62. The molecule has 2 amide bonds. The van der Waals surface area contributed by atoms with Gasteiger partial charge in [0.05, 0.1) is 30.8 Å². The number of rotatable bonds is 4. The molecule has 0 bridgehead atoms. The van der Waals surface area contributed by atoms with E-state index in [4.69, 9.17) is 4.74 Å². The maximum absolute atomic E-state index is 11.7. The van der Waals surface area contributed by atoms with Crippen molar-refractivity contribution in [3.8, 4) is 0 Å². The standard InChI is InChI=1S/C11H13N3O4S/c1-3-18-10(16)7-4-12-13(2)8(7)5-14-9(15)6-19-11(14)17/h4H,3,5-6H2,1-2H3. The molecule has 0 atom stereocenters. The fourth-order valence-corrected chi connectivity index (χ4v) is 2.44. The van der Waals surface area contributed by atoms with E-state index >= 15 is 0 Å². The van der Waals surface area contributed by atoms with E-state index < -0.39 is 5.97 Å². The SMILES string of the molecule is CCOC(=O)c1cnn(C)c1CN1C(=O)CSC1=O. The zero-order chi connectivity index (χ0) is 14.0. The van der Waals surface area contributed by atoms with Crippen LogP contribution in [0, 0.1) is 0 Å². The number of thioether (sulfide) groups is 1. The van der Waals surface area contributed by atoms with Gasteiger partial charge in [0.2, 0.25) is 5.91 Å². The van der Waals surface area contributed by atoms with E-state index in [2.05, 4.69) is 5.10 Å². The smallest absolute Gasteiger partial charge is 0.341 e. The van der Waals surface area contributed by atoms with Crippen LogP contribution in [0.3, 0.4) is 0 Å². The first-order valence-corrected chi connectivity index (χ1v) is 6.68. The normalized spacial score (nSPS) is 15.2. The molecule has 0 aromatic carbocycles. The van der Waals surface area contributed by atoms with Gasteiger partial charge in [-0.3, -0.25) is 19.2 Å². The Bertz CT molecular complexity index is 524. The first-order valence-electron chi connectivity index (χ1n) is 5.69. The Labute approximate surface area is 113 Å². The molecule has 7 nitrogen and oxygen atoms in total. The molecule has 1 aliphatic heterocycles. The average Bonchev–Trinajstić information content (AvgIpc) is 2.88. The lowest BCUT2D eigenvalue weighted by molar-refractivity contribution is -0.125. The molecule has 0 spiro atoms. The van der Waals surface area contributed by atoms with Crippen LogP contribution in [0.2, 0.25) is 0 Å². The van der Waals surface area contributed by atoms with Gasteiger partial charge in [-0.05, 0) is 6.92 Å². The second-order valence-corrected chi connectivity index (χ2v) is 4.81. The molecule has 0 radical (unpaired) electrons. The van der Waals surface area contributed by atoms with Crippen molar-refractivity contribution in [1.82, 2.24) is 14.7 Å². The van der Waals surface area contributed by atoms with E-state index in [-0.39, 0.29) is 35.6 Å². The number of carbonyl (C=O) groups excluding carboxylic acids is 3. The maximum Gasteiger partial charge on any atom is 0.341 e. The van der Waals surface area contributed by atoms with Crippen molar-refractivity contribution in [2.45, 2.75) is 13.5 Å². The Morgan fingerprint density at radius 3 is 2.84 bits per heavy atom. The van der Waals surface area contributed by atoms with Crippen molar-refractivity contribution in [2.24, 2.45) is 7.05 Å². The molecule has 2 heterocycles. The highest BCUT2D eigenvalue weighted by Crippen LogP contribution is 2.22. The van der Waals surface area contributed by atoms with Crippen LogP contribution >= 0.6 is 11.8 Å². The van der Waals surface area contributed by atoms with Gasteiger partial charge in [-0.15, -0.1) is 0 Å². The summed E-state index contributed by atoms with van der Waals surface area (Å²) < 4.78 is 6.38. The molecular formula is C11H13N3O4S. The van der Waals surface area contributed by atoms with Gasteiger partial charge in [0.15, 0.2) is 0 Å². The van der Waals surface area contributed by atoms with E-state index in [9.17, 15) is 14.4 Å². The minimum Gasteiger partial charge on any atom is -0.462 e. The molecular weight excluding hydrogens is 270 g/mol. The first kappa shape index (κ1) is 13.6. The molecule has 0 N–H and O–H groups in total. The molecule has 0 unspecified atom stereocenters. The molecule has 0 saturated carbocycles. The zero-order valence-corrected chi connectivity index (χ0v) is 11.4. The lowest BCUT2D eigenvalue weighted by atomic mass is 10.2. The van der Waals surface area contributed by atoms with Crippen LogP contribution in [0.25, 0.3) is 0 Å². The Kier molecular flexibility index (Phi) is 3.89. The molecule has 1 aromatic heterocycles. The topological polar surface area (TPSA) is 81.5 Å². The third-order valence-electron chi connectivity index (χ3n) is 2.71. The summed E-state index contributed by atoms with van der Waals surface area (Å²) in [4.78, 5) is 36.0. The van der Waals surface area contributed by atoms with E-state index in [0.717, 1.165) is 16.7 Å². The van der Waals surface area contributed by atoms with Crippen LogP contribution in [-0.2, 0) is 23.1 Å². The van der Waals surface area contributed by atoms with Crippen LogP contribution < -0.4 is 0 Å². The fourth-order valence-electron chi connectivity index (χ4n) is 1.71. The second kappa shape index (κ2) is 5.43. The van der Waals surface area contributed by atoms with Crippen molar-refractivity contribution < 1.29 is 19.1 Å². The van der Waals surface area contributed by atoms with Crippen LogP contribution in [0.5, 0.6) is 0 Å². The van der Waals surface area contributed by atoms with Crippen molar-refractivity contribution in [3.05, 3.63) is 17.5 Å². The number of ether oxygens (including phenoxy) is 1. The predicted octanol–water partition coefficient (Wildman–Crippen LogP) is 0.792. The number of aromatic nitrogens is 2. The predicted molar refractivity (Wildman–Crippen MR) is 67.6 cm³/mol. The highest BCUT2D eigenvalue weighted by molar-refractivity contribution is 8.14. The van der Waals surface area contributed by atoms with Gasteiger partial charge >= 0.3 is 5.97 Å². The molecule has 1 aliphatic rings. The van der Waals surface area contributed by atoms with E-state index in [0.29, 0.717) is 5.69 Å². The summed E-state index contributed by atoms with van der Waals surface area (Å²) in [5, 5.41) is 3.67. The number of hydrogen-bond acceptors (Lipinski definition) is 6. The lowest BCUT2D eigenvalue weighted by Crippen LogP contribution is -2.29. The number of hydrogen-bond donors (Lipinski definition) is 0. The summed E-state index contributed by atoms with van der Waals surface area (Å²) in [5.41, 5.74) is 0.768. The van der Waals surface area contributed by atoms with E-state index in [1.165, 1.54) is 10.9 Å². The van der Waals surface area contributed by atoms with Crippen LogP contribution in [-0.4, -0.2) is 44.2 Å². The molecule has 8 heteroatoms. The summed E-state index contributed by atoms with van der Waals surface area (Å²) in [7, 11) is 1.65. The number of imide groups is 1. The molecule has 19 heavy (non-hydrogen) atoms. The number of aryl methyl sites for hydroxylation is 1. The van der Waals surface area contributed by atoms with Crippen molar-refractivity contribution in [1.29, 1.82) is 0 Å². The summed E-state index contributed by atoms with van der Waals surface area (Å²) in [6, 6.07) is 0. The highest BCUT2D eigenvalue weighted by atomic mass is 32.2. The third-order valence-corrected chi connectivity index (χ3v) is 3.56. The minimum absolute atomic E-state index is 0.0370. The number of esters is 1. The highest BCUT2D eigenvalue weighted by Gasteiger charge is 2.32. The van der Waals surface area contributed by atoms with E-state index in [1.54, 1.807) is 14.0 Å². The summed E-state index contributed by atoms with van der Waals surface area (Å²) in [5.74, 6) is -0.617. The summed E-state index contributed by atoms with van der Waals surface area (Å²) in [6.07, 6.45) is 1.38. The second-order valence-electron chi connectivity index (χ2n) is 3.88. The van der Waals surface area contributed by atoms with Gasteiger partial charge in [0, 0.05) is 7.05 Å². The Morgan fingerprint density at radius 2 is 2.26 bits per heavy atom. The molecule has 1 aromatic rings. The Morgan fingerprint density at radius 1 is 1.53 bits per heavy atom. The molecule has 0 aliphatic carbocycles. The number of carbonyl (C=O) groups is 3. The number of nitrogens with zero attached hydrogens (tertiary/aromatic N) is 3. The first-order chi connectivity index (χ1) is 9.04. The summed E-state index contributed by atoms with van der Waals surface area (Å²) >= 11 is 0.957. The Hall–Kier alpha value is -1.83. The van der Waals surface area contributed by atoms with Gasteiger partial charge in [-0.25, -0.2) is 4.79 Å². The van der Waals surface area contributed by atoms with Crippen molar-refractivity contribution >= 4 is 28.9 Å². The van der Waals surface area contributed by atoms with Gasteiger partial charge in [0.25, 0.3) is 5.24 Å². The van der Waals surface area contributed by atoms with Crippen LogP contribution in [0.1, 0.15) is 23.0 Å². The lowest BCUT2D eigenvalue weighted by Gasteiger charge is -2.14. The molecule has 2 rings (SSSR count). The van der Waals surface area contributed by atoms with Crippen LogP contribution in [0.4, 0.5) is 4.79 Å². The monoisotopic (exact) mass is 283 g/mol. The zero-order valence-electron chi connectivity index (χ0n) is 10.6. The van der Waals surface area contributed by atoms with Crippen molar-refractivity contribution in [3.63, 3.8) is 0 Å². The van der Waals surface area contributed by atoms with Crippen LogP contribution in [0.15, 0.2) is 6.20 Å². The quantitative estimate of drug-likeness (QED) is 0.760. The molecule has 102 valence electrons. The van der Waals surface area contributed by atoms with Gasteiger partial charge < -0.3 is 4.74 Å². The minimum atomic E-state index is -0.502. The maximum atomic E-state index is 11.7. The van der Waals surface area contributed by atoms with E-state index in [1.807, 2.05) is 0 Å². The molecule has 1 saturated heterocycles. The van der Waals surface area contributed by atoms with Gasteiger partial charge in [-0.1, -0.05) is 11.8 Å². The summed E-state index contributed by atoms with van der Waals surface area (Å²) in [6.45, 7) is 2.00. The Balaban J connectivity index is 2.24. The fraction of sp³-hybridized carbons (Fsp3) is 0.455. The molecule has 1 fully saturated rings. The van der Waals surface area contributed by atoms with Gasteiger partial charge in [0.1, 0.15) is 5.56 Å². The number of amides is 2. The van der Waals surface area contributed by atoms with Gasteiger partial charge in [-0.2, -0.15) is 5.10 Å². The average molecular weight is 283 g/mol. The largest absolute Gasteiger partial charge is 0.462 e. The van der Waals surface area contributed by atoms with Crippen molar-refractivity contribution in [2.75, 3.05) is 12.4 Å².